The fraction of sp³-hybridized carbons (Fsp3) is 0.556. The molecule has 2 saturated heterocycles. The predicted octanol–water partition coefficient (Wildman–Crippen LogP) is 1.66. The fourth-order valence-corrected chi connectivity index (χ4v) is 3.82. The third-order valence-corrected chi connectivity index (χ3v) is 5.33. The first-order chi connectivity index (χ1) is 11.5. The van der Waals surface area contributed by atoms with E-state index >= 15 is 0 Å². The van der Waals surface area contributed by atoms with Crippen LogP contribution < -0.4 is 0 Å². The molecule has 3 rings (SSSR count). The summed E-state index contributed by atoms with van der Waals surface area (Å²) in [7, 11) is 0. The molecule has 1 aromatic rings. The lowest BCUT2D eigenvalue weighted by Crippen LogP contribution is -2.52. The molecule has 5 nitrogen and oxygen atoms in total. The summed E-state index contributed by atoms with van der Waals surface area (Å²) < 4.78 is 13.8. The number of piperidine rings is 2. The quantitative estimate of drug-likeness (QED) is 0.915. The Balaban J connectivity index is 1.64. The summed E-state index contributed by atoms with van der Waals surface area (Å²) in [6.45, 7) is 2.15. The Kier molecular flexibility index (Phi) is 4.85. The van der Waals surface area contributed by atoms with Gasteiger partial charge in [0.15, 0.2) is 0 Å². The molecule has 0 bridgehead atoms. The van der Waals surface area contributed by atoms with Gasteiger partial charge in [-0.05, 0) is 36.8 Å². The molecule has 1 aromatic carbocycles. The van der Waals surface area contributed by atoms with Gasteiger partial charge in [-0.15, -0.1) is 0 Å². The van der Waals surface area contributed by atoms with Crippen molar-refractivity contribution >= 4 is 11.8 Å². The summed E-state index contributed by atoms with van der Waals surface area (Å²) >= 11 is 0. The minimum absolute atomic E-state index is 0.0229. The van der Waals surface area contributed by atoms with Gasteiger partial charge in [-0.25, -0.2) is 4.39 Å². The molecule has 2 amide bonds. The van der Waals surface area contributed by atoms with Crippen molar-refractivity contribution in [2.45, 2.75) is 25.7 Å². The number of β-amino-alcohol motifs (C(OH)–C–C–N with tert-alkyl or cyclic N) is 1. The van der Waals surface area contributed by atoms with Crippen LogP contribution in [0.2, 0.25) is 0 Å². The molecule has 24 heavy (non-hydrogen) atoms. The Labute approximate surface area is 141 Å². The number of halogens is 1. The SMILES string of the molecule is O=C1CCC2(CCN(C(=O)c3ccccc3F)CC2)CN1CCO. The van der Waals surface area contributed by atoms with Gasteiger partial charge in [0.05, 0.1) is 12.2 Å². The first kappa shape index (κ1) is 16.9. The van der Waals surface area contributed by atoms with Crippen molar-refractivity contribution in [1.82, 2.24) is 9.80 Å². The number of aliphatic hydroxyl groups excluding tert-OH is 1. The van der Waals surface area contributed by atoms with E-state index in [9.17, 15) is 14.0 Å². The van der Waals surface area contributed by atoms with E-state index in [1.54, 1.807) is 21.9 Å². The van der Waals surface area contributed by atoms with Crippen LogP contribution in [0.4, 0.5) is 4.39 Å². The molecule has 0 saturated carbocycles. The highest BCUT2D eigenvalue weighted by molar-refractivity contribution is 5.94. The maximum Gasteiger partial charge on any atom is 0.256 e. The zero-order valence-corrected chi connectivity index (χ0v) is 13.7. The van der Waals surface area contributed by atoms with Gasteiger partial charge in [-0.1, -0.05) is 12.1 Å². The molecular weight excluding hydrogens is 311 g/mol. The van der Waals surface area contributed by atoms with Gasteiger partial charge in [0.25, 0.3) is 5.91 Å². The molecule has 0 unspecified atom stereocenters. The van der Waals surface area contributed by atoms with Crippen molar-refractivity contribution in [2.24, 2.45) is 5.41 Å². The Bertz CT molecular complexity index is 626. The van der Waals surface area contributed by atoms with Crippen molar-refractivity contribution < 1.29 is 19.1 Å². The van der Waals surface area contributed by atoms with Crippen molar-refractivity contribution in [3.05, 3.63) is 35.6 Å². The van der Waals surface area contributed by atoms with Crippen LogP contribution in [0.15, 0.2) is 24.3 Å². The van der Waals surface area contributed by atoms with Gasteiger partial charge in [0.2, 0.25) is 5.91 Å². The van der Waals surface area contributed by atoms with E-state index < -0.39 is 5.82 Å². The van der Waals surface area contributed by atoms with E-state index in [-0.39, 0.29) is 29.4 Å². The van der Waals surface area contributed by atoms with Crippen LogP contribution in [-0.4, -0.2) is 59.5 Å². The van der Waals surface area contributed by atoms with Crippen molar-refractivity contribution in [3.8, 4) is 0 Å². The summed E-state index contributed by atoms with van der Waals surface area (Å²) in [5.74, 6) is -0.651. The van der Waals surface area contributed by atoms with Gasteiger partial charge in [-0.2, -0.15) is 0 Å². The van der Waals surface area contributed by atoms with E-state index in [1.165, 1.54) is 12.1 Å². The molecule has 130 valence electrons. The first-order valence-electron chi connectivity index (χ1n) is 8.47. The van der Waals surface area contributed by atoms with Gasteiger partial charge < -0.3 is 14.9 Å². The monoisotopic (exact) mass is 334 g/mol. The Morgan fingerprint density at radius 3 is 2.58 bits per heavy atom. The van der Waals surface area contributed by atoms with E-state index in [0.29, 0.717) is 32.6 Å². The number of carbonyl (C=O) groups is 2. The second kappa shape index (κ2) is 6.89. The van der Waals surface area contributed by atoms with Crippen molar-refractivity contribution in [2.75, 3.05) is 32.8 Å². The largest absolute Gasteiger partial charge is 0.395 e. The highest BCUT2D eigenvalue weighted by Gasteiger charge is 2.41. The van der Waals surface area contributed by atoms with Gasteiger partial charge in [-0.3, -0.25) is 9.59 Å². The molecule has 6 heteroatoms. The number of carbonyl (C=O) groups excluding carboxylic acids is 2. The van der Waals surface area contributed by atoms with Crippen molar-refractivity contribution in [3.63, 3.8) is 0 Å². The third-order valence-electron chi connectivity index (χ3n) is 5.33. The molecule has 2 aliphatic rings. The average molecular weight is 334 g/mol. The molecule has 1 spiro atoms. The van der Waals surface area contributed by atoms with E-state index in [4.69, 9.17) is 5.11 Å². The minimum Gasteiger partial charge on any atom is -0.395 e. The number of amides is 2. The number of likely N-dealkylation sites (tertiary alicyclic amines) is 2. The summed E-state index contributed by atoms with van der Waals surface area (Å²) in [6, 6.07) is 6.07. The molecule has 2 heterocycles. The molecule has 2 fully saturated rings. The second-order valence-corrected chi connectivity index (χ2v) is 6.81. The van der Waals surface area contributed by atoms with Gasteiger partial charge >= 0.3 is 0 Å². The smallest absolute Gasteiger partial charge is 0.256 e. The average Bonchev–Trinajstić information content (AvgIpc) is 2.59. The highest BCUT2D eigenvalue weighted by Crippen LogP contribution is 2.40. The lowest BCUT2D eigenvalue weighted by Gasteiger charge is -2.47. The molecule has 0 atom stereocenters. The summed E-state index contributed by atoms with van der Waals surface area (Å²) in [6.07, 6.45) is 2.95. The second-order valence-electron chi connectivity index (χ2n) is 6.81. The maximum atomic E-state index is 13.8. The predicted molar refractivity (Wildman–Crippen MR) is 86.9 cm³/mol. The molecule has 2 aliphatic heterocycles. The molecular formula is C18H23FN2O3. The number of aliphatic hydroxyl groups is 1. The third kappa shape index (κ3) is 3.29. The van der Waals surface area contributed by atoms with Gasteiger partial charge in [0.1, 0.15) is 5.82 Å². The van der Waals surface area contributed by atoms with Crippen LogP contribution >= 0.6 is 0 Å². The topological polar surface area (TPSA) is 60.9 Å². The zero-order valence-electron chi connectivity index (χ0n) is 13.7. The number of hydrogen-bond donors (Lipinski definition) is 1. The molecule has 0 aliphatic carbocycles. The number of benzene rings is 1. The summed E-state index contributed by atoms with van der Waals surface area (Å²) in [5.41, 5.74) is 0.143. The highest BCUT2D eigenvalue weighted by atomic mass is 19.1. The van der Waals surface area contributed by atoms with Crippen molar-refractivity contribution in [1.29, 1.82) is 0 Å². The van der Waals surface area contributed by atoms with Crippen LogP contribution in [0.3, 0.4) is 0 Å². The fourth-order valence-electron chi connectivity index (χ4n) is 3.82. The van der Waals surface area contributed by atoms with E-state index in [0.717, 1.165) is 19.3 Å². The lowest BCUT2D eigenvalue weighted by atomic mass is 9.72. The number of nitrogens with zero attached hydrogens (tertiary/aromatic N) is 2. The molecule has 1 N–H and O–H groups in total. The van der Waals surface area contributed by atoms with Crippen LogP contribution in [-0.2, 0) is 4.79 Å². The van der Waals surface area contributed by atoms with E-state index in [1.807, 2.05) is 0 Å². The summed E-state index contributed by atoms with van der Waals surface area (Å²) in [4.78, 5) is 27.9. The Morgan fingerprint density at radius 1 is 1.21 bits per heavy atom. The molecule has 0 aromatic heterocycles. The van der Waals surface area contributed by atoms with Crippen LogP contribution in [0.5, 0.6) is 0 Å². The lowest BCUT2D eigenvalue weighted by molar-refractivity contribution is -0.139. The minimum atomic E-state index is -0.486. The van der Waals surface area contributed by atoms with Crippen LogP contribution in [0.25, 0.3) is 0 Å². The normalized spacial score (nSPS) is 20.5. The van der Waals surface area contributed by atoms with E-state index in [2.05, 4.69) is 0 Å². The maximum absolute atomic E-state index is 13.8. The zero-order chi connectivity index (χ0) is 17.2. The standard InChI is InChI=1S/C18H23FN2O3/c19-15-4-2-1-3-14(15)17(24)20-9-7-18(8-10-20)6-5-16(23)21(13-18)11-12-22/h1-4,22H,5-13H2. The molecule has 0 radical (unpaired) electrons. The van der Waals surface area contributed by atoms with Gasteiger partial charge in [0, 0.05) is 32.6 Å². The Hall–Kier alpha value is -1.95. The number of rotatable bonds is 3. The summed E-state index contributed by atoms with van der Waals surface area (Å²) in [5, 5.41) is 9.11. The Morgan fingerprint density at radius 2 is 1.92 bits per heavy atom. The first-order valence-corrected chi connectivity index (χ1v) is 8.47. The van der Waals surface area contributed by atoms with Crippen LogP contribution in [0.1, 0.15) is 36.0 Å². The number of hydrogen-bond acceptors (Lipinski definition) is 3. The van der Waals surface area contributed by atoms with Crippen LogP contribution in [0, 0.1) is 11.2 Å².